The SMILES string of the molecule is CC(C1CC1)N(Cc1cnc(N(C)C)s1)C(=O)CN1C(=O)N[C@]2(CCc3ccccc32)C1=O. The number of carbonyl (C=O) groups is 3. The van der Waals surface area contributed by atoms with Gasteiger partial charge >= 0.3 is 6.03 Å². The molecular formula is C24H29N5O3S. The molecule has 174 valence electrons. The maximum Gasteiger partial charge on any atom is 0.325 e. The Bertz CT molecular complexity index is 1110. The molecule has 33 heavy (non-hydrogen) atoms. The van der Waals surface area contributed by atoms with Crippen LogP contribution < -0.4 is 10.2 Å². The number of thiazole rings is 1. The lowest BCUT2D eigenvalue weighted by Crippen LogP contribution is -2.47. The van der Waals surface area contributed by atoms with Gasteiger partial charge in [0, 0.05) is 31.2 Å². The molecule has 1 N–H and O–H groups in total. The van der Waals surface area contributed by atoms with Crippen LogP contribution in [0.2, 0.25) is 0 Å². The first-order valence-corrected chi connectivity index (χ1v) is 12.3. The molecule has 4 amide bonds. The minimum atomic E-state index is -1.04. The summed E-state index contributed by atoms with van der Waals surface area (Å²) in [4.78, 5) is 50.1. The second-order valence-corrected chi connectivity index (χ2v) is 10.6. The van der Waals surface area contributed by atoms with E-state index in [1.807, 2.05) is 48.2 Å². The molecule has 0 radical (unpaired) electrons. The van der Waals surface area contributed by atoms with E-state index >= 15 is 0 Å². The van der Waals surface area contributed by atoms with Crippen molar-refractivity contribution in [3.63, 3.8) is 0 Å². The standard InChI is InChI=1S/C24H29N5O3S/c1-15(16-8-9-16)28(13-18-12-25-23(33-18)27(2)3)20(30)14-29-21(31)24(26-22(29)32)11-10-17-6-4-5-7-19(17)24/h4-7,12,15-16H,8-11,13-14H2,1-3H3,(H,26,32)/t15?,24-/m0/s1. The molecule has 2 fully saturated rings. The number of carbonyl (C=O) groups excluding carboxylic acids is 3. The van der Waals surface area contributed by atoms with Gasteiger partial charge in [-0.3, -0.25) is 14.5 Å². The topological polar surface area (TPSA) is 85.8 Å². The van der Waals surface area contributed by atoms with Crippen molar-refractivity contribution < 1.29 is 14.4 Å². The van der Waals surface area contributed by atoms with Crippen LogP contribution >= 0.6 is 11.3 Å². The molecule has 1 unspecified atom stereocenters. The van der Waals surface area contributed by atoms with E-state index in [0.29, 0.717) is 18.9 Å². The molecule has 1 aliphatic heterocycles. The minimum absolute atomic E-state index is 0.0457. The average Bonchev–Trinajstić information content (AvgIpc) is 3.36. The maximum absolute atomic E-state index is 13.5. The fraction of sp³-hybridized carbons (Fsp3) is 0.500. The van der Waals surface area contributed by atoms with Crippen LogP contribution in [-0.2, 0) is 28.1 Å². The molecule has 0 bridgehead atoms. The molecule has 5 rings (SSSR count). The van der Waals surface area contributed by atoms with Crippen LogP contribution in [-0.4, -0.2) is 59.3 Å². The Kier molecular flexibility index (Phi) is 5.39. The third-order valence-electron chi connectivity index (χ3n) is 7.08. The number of nitrogens with zero attached hydrogens (tertiary/aromatic N) is 4. The van der Waals surface area contributed by atoms with Crippen molar-refractivity contribution >= 4 is 34.3 Å². The second-order valence-electron chi connectivity index (χ2n) is 9.49. The van der Waals surface area contributed by atoms with Gasteiger partial charge in [-0.15, -0.1) is 11.3 Å². The molecule has 2 aromatic rings. The van der Waals surface area contributed by atoms with E-state index in [-0.39, 0.29) is 24.4 Å². The van der Waals surface area contributed by atoms with Crippen molar-refractivity contribution in [1.29, 1.82) is 0 Å². The summed E-state index contributed by atoms with van der Waals surface area (Å²) in [5, 5.41) is 3.79. The summed E-state index contributed by atoms with van der Waals surface area (Å²) in [5.41, 5.74) is 0.881. The molecule has 1 saturated heterocycles. The Labute approximate surface area is 197 Å². The molecule has 2 atom stereocenters. The highest BCUT2D eigenvalue weighted by Crippen LogP contribution is 2.41. The smallest absolute Gasteiger partial charge is 0.325 e. The van der Waals surface area contributed by atoms with Crippen molar-refractivity contribution in [2.24, 2.45) is 5.92 Å². The molecule has 2 aliphatic carbocycles. The van der Waals surface area contributed by atoms with Crippen molar-refractivity contribution in [3.05, 3.63) is 46.5 Å². The zero-order valence-corrected chi connectivity index (χ0v) is 20.0. The van der Waals surface area contributed by atoms with Crippen LogP contribution in [0.25, 0.3) is 0 Å². The fourth-order valence-corrected chi connectivity index (χ4v) is 5.83. The zero-order chi connectivity index (χ0) is 23.3. The van der Waals surface area contributed by atoms with E-state index in [2.05, 4.69) is 17.2 Å². The number of amides is 4. The normalized spacial score (nSPS) is 22.5. The Balaban J connectivity index is 1.36. The lowest BCUT2D eigenvalue weighted by atomic mass is 9.92. The van der Waals surface area contributed by atoms with Crippen LogP contribution in [0.1, 0.15) is 42.2 Å². The van der Waals surface area contributed by atoms with Crippen LogP contribution in [0.3, 0.4) is 0 Å². The molecule has 8 nitrogen and oxygen atoms in total. The number of rotatable bonds is 7. The highest BCUT2D eigenvalue weighted by Gasteiger charge is 2.55. The summed E-state index contributed by atoms with van der Waals surface area (Å²) in [5.74, 6) is -0.0649. The Morgan fingerprint density at radius 2 is 2.06 bits per heavy atom. The molecule has 1 aromatic heterocycles. The first-order valence-electron chi connectivity index (χ1n) is 11.4. The van der Waals surface area contributed by atoms with Gasteiger partial charge in [0.15, 0.2) is 5.13 Å². The molecule has 1 spiro atoms. The van der Waals surface area contributed by atoms with Gasteiger partial charge in [0.25, 0.3) is 5.91 Å². The molecule has 1 saturated carbocycles. The number of imide groups is 1. The number of hydrogen-bond acceptors (Lipinski definition) is 6. The van der Waals surface area contributed by atoms with Crippen LogP contribution in [0.5, 0.6) is 0 Å². The predicted octanol–water partition coefficient (Wildman–Crippen LogP) is 2.73. The minimum Gasteiger partial charge on any atom is -0.354 e. The van der Waals surface area contributed by atoms with Gasteiger partial charge in [0.05, 0.1) is 6.54 Å². The second kappa shape index (κ2) is 8.13. The van der Waals surface area contributed by atoms with Gasteiger partial charge in [-0.2, -0.15) is 0 Å². The monoisotopic (exact) mass is 467 g/mol. The number of anilines is 1. The summed E-state index contributed by atoms with van der Waals surface area (Å²) in [6.45, 7) is 2.24. The largest absolute Gasteiger partial charge is 0.354 e. The molecular weight excluding hydrogens is 438 g/mol. The van der Waals surface area contributed by atoms with E-state index in [1.54, 1.807) is 17.5 Å². The molecule has 2 heterocycles. The summed E-state index contributed by atoms with van der Waals surface area (Å²) < 4.78 is 0. The highest BCUT2D eigenvalue weighted by atomic mass is 32.1. The van der Waals surface area contributed by atoms with E-state index in [9.17, 15) is 14.4 Å². The summed E-state index contributed by atoms with van der Waals surface area (Å²) in [6.07, 6.45) is 5.25. The Hall–Kier alpha value is -2.94. The maximum atomic E-state index is 13.5. The number of benzene rings is 1. The van der Waals surface area contributed by atoms with Gasteiger partial charge < -0.3 is 15.1 Å². The summed E-state index contributed by atoms with van der Waals surface area (Å²) in [7, 11) is 3.87. The van der Waals surface area contributed by atoms with Gasteiger partial charge in [-0.05, 0) is 49.7 Å². The molecule has 9 heteroatoms. The van der Waals surface area contributed by atoms with Crippen molar-refractivity contribution in [1.82, 2.24) is 20.1 Å². The number of aromatic nitrogens is 1. The van der Waals surface area contributed by atoms with Crippen molar-refractivity contribution in [2.75, 3.05) is 25.5 Å². The number of nitrogens with one attached hydrogen (secondary N) is 1. The number of aryl methyl sites for hydroxylation is 1. The molecule has 1 aromatic carbocycles. The van der Waals surface area contributed by atoms with Gasteiger partial charge in [0.1, 0.15) is 12.1 Å². The third-order valence-corrected chi connectivity index (χ3v) is 8.23. The summed E-state index contributed by atoms with van der Waals surface area (Å²) in [6, 6.07) is 7.28. The van der Waals surface area contributed by atoms with E-state index in [1.165, 1.54) is 0 Å². The van der Waals surface area contributed by atoms with Crippen LogP contribution in [0, 0.1) is 5.92 Å². The van der Waals surface area contributed by atoms with Gasteiger partial charge in [0.2, 0.25) is 5.91 Å². The van der Waals surface area contributed by atoms with Gasteiger partial charge in [-0.1, -0.05) is 24.3 Å². The number of urea groups is 1. The van der Waals surface area contributed by atoms with Crippen molar-refractivity contribution in [2.45, 2.75) is 50.7 Å². The number of hydrogen-bond donors (Lipinski definition) is 1. The van der Waals surface area contributed by atoms with Gasteiger partial charge in [-0.25, -0.2) is 9.78 Å². The molecule has 3 aliphatic rings. The lowest BCUT2D eigenvalue weighted by Gasteiger charge is -2.30. The average molecular weight is 468 g/mol. The zero-order valence-electron chi connectivity index (χ0n) is 19.2. The van der Waals surface area contributed by atoms with Crippen molar-refractivity contribution in [3.8, 4) is 0 Å². The Morgan fingerprint density at radius 1 is 1.30 bits per heavy atom. The van der Waals surface area contributed by atoms with Crippen LogP contribution in [0.15, 0.2) is 30.5 Å². The third kappa shape index (κ3) is 3.78. The van der Waals surface area contributed by atoms with Crippen LogP contribution in [0.4, 0.5) is 9.93 Å². The van der Waals surface area contributed by atoms with E-state index < -0.39 is 11.6 Å². The quantitative estimate of drug-likeness (QED) is 0.633. The lowest BCUT2D eigenvalue weighted by molar-refractivity contribution is -0.141. The highest BCUT2D eigenvalue weighted by molar-refractivity contribution is 7.15. The summed E-state index contributed by atoms with van der Waals surface area (Å²) >= 11 is 1.55. The first kappa shape index (κ1) is 21.9. The fourth-order valence-electron chi connectivity index (χ4n) is 5.00. The van der Waals surface area contributed by atoms with E-state index in [0.717, 1.165) is 45.3 Å². The van der Waals surface area contributed by atoms with E-state index in [4.69, 9.17) is 0 Å². The number of fused-ring (bicyclic) bond motifs is 2. The predicted molar refractivity (Wildman–Crippen MR) is 126 cm³/mol. The Morgan fingerprint density at radius 3 is 2.76 bits per heavy atom. The first-order chi connectivity index (χ1) is 15.8.